The predicted molar refractivity (Wildman–Crippen MR) is 177 cm³/mol. The lowest BCUT2D eigenvalue weighted by atomic mass is 10.0. The SMILES string of the molecule is CCOC(=O)C(=O)CC(=O)c1cncc(-c2ccnc(Cc3cc(NC(=O)c4ccc(CN5CCN(C)CC5)cc4)ccc3C)n2)c1. The second-order valence-corrected chi connectivity index (χ2v) is 11.6. The molecular formula is C36H38N6O5. The molecule has 242 valence electrons. The number of piperazine rings is 1. The molecular weight excluding hydrogens is 596 g/mol. The van der Waals surface area contributed by atoms with E-state index in [0.29, 0.717) is 34.8 Å². The second kappa shape index (κ2) is 15.4. The number of aromatic nitrogens is 3. The van der Waals surface area contributed by atoms with E-state index < -0.39 is 24.0 Å². The highest BCUT2D eigenvalue weighted by Crippen LogP contribution is 2.22. The fourth-order valence-corrected chi connectivity index (χ4v) is 5.25. The predicted octanol–water partition coefficient (Wildman–Crippen LogP) is 4.14. The van der Waals surface area contributed by atoms with Gasteiger partial charge in [-0.25, -0.2) is 14.8 Å². The lowest BCUT2D eigenvalue weighted by Crippen LogP contribution is -2.43. The monoisotopic (exact) mass is 634 g/mol. The molecule has 1 saturated heterocycles. The molecule has 1 N–H and O–H groups in total. The van der Waals surface area contributed by atoms with Crippen molar-refractivity contribution in [2.45, 2.75) is 33.2 Å². The summed E-state index contributed by atoms with van der Waals surface area (Å²) in [5.74, 6) is -2.12. The number of amides is 1. The number of hydrogen-bond donors (Lipinski definition) is 1. The van der Waals surface area contributed by atoms with Crippen molar-refractivity contribution in [3.05, 3.63) is 107 Å². The number of benzene rings is 2. The average Bonchev–Trinajstić information content (AvgIpc) is 3.08. The van der Waals surface area contributed by atoms with E-state index in [0.717, 1.165) is 43.9 Å². The van der Waals surface area contributed by atoms with Crippen LogP contribution in [0, 0.1) is 6.92 Å². The molecule has 0 saturated carbocycles. The van der Waals surface area contributed by atoms with Gasteiger partial charge in [-0.1, -0.05) is 18.2 Å². The van der Waals surface area contributed by atoms with Gasteiger partial charge in [-0.15, -0.1) is 0 Å². The molecule has 11 nitrogen and oxygen atoms in total. The number of carbonyl (C=O) groups is 4. The number of likely N-dealkylation sites (N-methyl/N-ethyl adjacent to an activating group) is 1. The highest BCUT2D eigenvalue weighted by atomic mass is 16.5. The zero-order valence-electron chi connectivity index (χ0n) is 26.9. The molecule has 0 spiro atoms. The van der Waals surface area contributed by atoms with E-state index in [4.69, 9.17) is 0 Å². The second-order valence-electron chi connectivity index (χ2n) is 11.6. The van der Waals surface area contributed by atoms with Crippen molar-refractivity contribution in [2.24, 2.45) is 0 Å². The molecule has 1 aliphatic rings. The molecule has 4 aromatic rings. The quantitative estimate of drug-likeness (QED) is 0.105. The van der Waals surface area contributed by atoms with E-state index in [1.807, 2.05) is 49.4 Å². The molecule has 11 heteroatoms. The van der Waals surface area contributed by atoms with Gasteiger partial charge in [0.25, 0.3) is 5.91 Å². The zero-order valence-corrected chi connectivity index (χ0v) is 26.9. The third kappa shape index (κ3) is 8.99. The average molecular weight is 635 g/mol. The molecule has 1 amide bonds. The number of rotatable bonds is 12. The van der Waals surface area contributed by atoms with Gasteiger partial charge >= 0.3 is 5.97 Å². The highest BCUT2D eigenvalue weighted by molar-refractivity contribution is 6.38. The molecule has 0 atom stereocenters. The summed E-state index contributed by atoms with van der Waals surface area (Å²) in [5, 5.41) is 3.01. The smallest absolute Gasteiger partial charge is 0.375 e. The van der Waals surface area contributed by atoms with Gasteiger partial charge in [0.2, 0.25) is 5.78 Å². The van der Waals surface area contributed by atoms with Gasteiger partial charge in [0.05, 0.1) is 18.7 Å². The topological polar surface area (TPSA) is 135 Å². The van der Waals surface area contributed by atoms with Crippen LogP contribution in [0.5, 0.6) is 0 Å². The summed E-state index contributed by atoms with van der Waals surface area (Å²) in [7, 11) is 2.14. The first-order chi connectivity index (χ1) is 22.7. The summed E-state index contributed by atoms with van der Waals surface area (Å²) in [6, 6.07) is 16.8. The number of carbonyl (C=O) groups excluding carboxylic acids is 4. The number of ether oxygens (including phenoxy) is 1. The Kier molecular flexibility index (Phi) is 10.9. The van der Waals surface area contributed by atoms with Crippen molar-refractivity contribution < 1.29 is 23.9 Å². The Bertz CT molecular complexity index is 1770. The van der Waals surface area contributed by atoms with E-state index in [1.54, 1.807) is 31.5 Å². The molecule has 1 aliphatic heterocycles. The molecule has 1 fully saturated rings. The van der Waals surface area contributed by atoms with Crippen LogP contribution >= 0.6 is 0 Å². The van der Waals surface area contributed by atoms with E-state index in [9.17, 15) is 19.2 Å². The number of pyridine rings is 1. The van der Waals surface area contributed by atoms with Gasteiger partial charge in [-0.3, -0.25) is 24.3 Å². The minimum absolute atomic E-state index is 0.0521. The van der Waals surface area contributed by atoms with Gasteiger partial charge in [0.1, 0.15) is 5.82 Å². The Morgan fingerprint density at radius 1 is 0.915 bits per heavy atom. The molecule has 5 rings (SSSR count). The fourth-order valence-electron chi connectivity index (χ4n) is 5.25. The van der Waals surface area contributed by atoms with Gasteiger partial charge < -0.3 is 15.0 Å². The number of nitrogens with one attached hydrogen (secondary N) is 1. The summed E-state index contributed by atoms with van der Waals surface area (Å²) in [5.41, 5.74) is 5.70. The van der Waals surface area contributed by atoms with Gasteiger partial charge in [-0.2, -0.15) is 0 Å². The number of anilines is 1. The lowest BCUT2D eigenvalue weighted by Gasteiger charge is -2.32. The van der Waals surface area contributed by atoms with Crippen LogP contribution in [0.3, 0.4) is 0 Å². The summed E-state index contributed by atoms with van der Waals surface area (Å²) < 4.78 is 4.68. The molecule has 3 heterocycles. The Labute approximate surface area is 274 Å². The van der Waals surface area contributed by atoms with Gasteiger partial charge in [0, 0.05) is 80.1 Å². The Morgan fingerprint density at radius 2 is 1.68 bits per heavy atom. The minimum atomic E-state index is -1.03. The van der Waals surface area contributed by atoms with E-state index in [2.05, 4.69) is 41.9 Å². The van der Waals surface area contributed by atoms with Crippen LogP contribution in [0.25, 0.3) is 11.3 Å². The van der Waals surface area contributed by atoms with E-state index in [1.165, 1.54) is 11.8 Å². The summed E-state index contributed by atoms with van der Waals surface area (Å²) in [6.07, 6.45) is 4.34. The standard InChI is InChI=1S/C36H38N6O5/c1-4-47-36(46)33(44)20-32(43)29-17-28(21-37-22-29)31-11-12-38-34(40-31)19-27-18-30(10-5-24(27)2)39-35(45)26-8-6-25(7-9-26)23-42-15-13-41(3)14-16-42/h5-12,17-18,21-22H,4,13-16,19-20,23H2,1-3H3,(H,39,45). The van der Waals surface area contributed by atoms with Crippen LogP contribution in [-0.2, 0) is 27.3 Å². The molecule has 0 aliphatic carbocycles. The van der Waals surface area contributed by atoms with Crippen molar-refractivity contribution in [1.82, 2.24) is 24.8 Å². The third-order valence-electron chi connectivity index (χ3n) is 8.06. The fraction of sp³-hybridized carbons (Fsp3) is 0.306. The summed E-state index contributed by atoms with van der Waals surface area (Å²) in [4.78, 5) is 67.4. The zero-order chi connectivity index (χ0) is 33.3. The molecule has 47 heavy (non-hydrogen) atoms. The minimum Gasteiger partial charge on any atom is -0.460 e. The molecule has 2 aromatic heterocycles. The summed E-state index contributed by atoms with van der Waals surface area (Å²) >= 11 is 0. The number of nitrogens with zero attached hydrogens (tertiary/aromatic N) is 5. The number of Topliss-reactive ketones (excluding diaryl/α,β-unsaturated/α-hetero) is 2. The largest absolute Gasteiger partial charge is 0.460 e. The van der Waals surface area contributed by atoms with Crippen LogP contribution in [0.2, 0.25) is 0 Å². The first kappa shape index (κ1) is 33.2. The number of ketones is 2. The summed E-state index contributed by atoms with van der Waals surface area (Å²) in [6.45, 7) is 8.71. The molecule has 2 aromatic carbocycles. The third-order valence-corrected chi connectivity index (χ3v) is 8.06. The maximum absolute atomic E-state index is 13.1. The van der Waals surface area contributed by atoms with Crippen LogP contribution < -0.4 is 5.32 Å². The Balaban J connectivity index is 1.23. The molecule has 0 bridgehead atoms. The van der Waals surface area contributed by atoms with Gasteiger partial charge in [-0.05, 0) is 74.0 Å². The van der Waals surface area contributed by atoms with Crippen LogP contribution in [-0.4, -0.2) is 88.0 Å². The first-order valence-corrected chi connectivity index (χ1v) is 15.6. The maximum atomic E-state index is 13.1. The van der Waals surface area contributed by atoms with Crippen molar-refractivity contribution in [2.75, 3.05) is 45.2 Å². The van der Waals surface area contributed by atoms with Crippen LogP contribution in [0.4, 0.5) is 5.69 Å². The highest BCUT2D eigenvalue weighted by Gasteiger charge is 2.21. The molecule has 0 radical (unpaired) electrons. The normalized spacial score (nSPS) is 13.6. The first-order valence-electron chi connectivity index (χ1n) is 15.6. The van der Waals surface area contributed by atoms with Crippen molar-refractivity contribution in [3.63, 3.8) is 0 Å². The van der Waals surface area contributed by atoms with E-state index in [-0.39, 0.29) is 18.1 Å². The number of aryl methyl sites for hydroxylation is 1. The van der Waals surface area contributed by atoms with Crippen LogP contribution in [0.15, 0.2) is 73.2 Å². The number of hydrogen-bond acceptors (Lipinski definition) is 10. The van der Waals surface area contributed by atoms with Crippen LogP contribution in [0.1, 0.15) is 56.6 Å². The van der Waals surface area contributed by atoms with E-state index >= 15 is 0 Å². The Morgan fingerprint density at radius 3 is 2.43 bits per heavy atom. The van der Waals surface area contributed by atoms with Crippen molar-refractivity contribution in [1.29, 1.82) is 0 Å². The maximum Gasteiger partial charge on any atom is 0.375 e. The Hall–Kier alpha value is -5.13. The number of esters is 1. The lowest BCUT2D eigenvalue weighted by molar-refractivity contribution is -0.153. The van der Waals surface area contributed by atoms with Crippen molar-refractivity contribution >= 4 is 29.1 Å². The molecule has 0 unspecified atom stereocenters. The van der Waals surface area contributed by atoms with Gasteiger partial charge in [0.15, 0.2) is 5.78 Å². The van der Waals surface area contributed by atoms with Crippen molar-refractivity contribution in [3.8, 4) is 11.3 Å².